The molecule has 7 nitrogen and oxygen atoms in total. The predicted molar refractivity (Wildman–Crippen MR) is 132 cm³/mol. The number of rotatable bonds is 3. The molecule has 34 heavy (non-hydrogen) atoms. The van der Waals surface area contributed by atoms with Gasteiger partial charge in [0.1, 0.15) is 0 Å². The maximum absolute atomic E-state index is 13.4. The summed E-state index contributed by atoms with van der Waals surface area (Å²) < 4.78 is 13.8. The maximum atomic E-state index is 13.4. The molecule has 7 rings (SSSR count). The van der Waals surface area contributed by atoms with E-state index in [-0.39, 0.29) is 6.04 Å². The van der Waals surface area contributed by atoms with E-state index >= 15 is 0 Å². The number of aromatic nitrogens is 2. The van der Waals surface area contributed by atoms with E-state index in [2.05, 4.69) is 16.8 Å². The van der Waals surface area contributed by atoms with Crippen molar-refractivity contribution in [2.45, 2.75) is 95.3 Å². The summed E-state index contributed by atoms with van der Waals surface area (Å²) in [5.74, 6) is 2.62. The highest BCUT2D eigenvalue weighted by atomic mass is 31.2. The van der Waals surface area contributed by atoms with Crippen LogP contribution in [0.5, 0.6) is 0 Å². The van der Waals surface area contributed by atoms with Crippen molar-refractivity contribution in [3.8, 4) is 0 Å². The molecule has 1 aromatic carbocycles. The van der Waals surface area contributed by atoms with Crippen LogP contribution >= 0.6 is 7.60 Å². The summed E-state index contributed by atoms with van der Waals surface area (Å²) in [6.45, 7) is 2.43. The maximum Gasteiger partial charge on any atom is 0.380 e. The lowest BCUT2D eigenvalue weighted by molar-refractivity contribution is -0.0478. The molecule has 8 heteroatoms. The average molecular weight is 486 g/mol. The molecule has 0 spiro atoms. The van der Waals surface area contributed by atoms with Gasteiger partial charge in [-0.05, 0) is 87.7 Å². The first-order chi connectivity index (χ1) is 16.3. The predicted octanol–water partition coefficient (Wildman–Crippen LogP) is 3.97. The van der Waals surface area contributed by atoms with E-state index in [9.17, 15) is 19.1 Å². The minimum atomic E-state index is -4.77. The fourth-order valence-corrected chi connectivity index (χ4v) is 8.60. The molecule has 3 heterocycles. The Kier molecular flexibility index (Phi) is 5.76. The average Bonchev–Trinajstić information content (AvgIpc) is 2.73. The molecule has 1 aromatic heterocycles. The largest absolute Gasteiger partial charge is 0.380 e. The van der Waals surface area contributed by atoms with Gasteiger partial charge in [-0.1, -0.05) is 25.5 Å². The zero-order valence-electron chi connectivity index (χ0n) is 19.9. The Morgan fingerprint density at radius 2 is 1.56 bits per heavy atom. The zero-order valence-corrected chi connectivity index (χ0v) is 20.8. The number of piperidine rings is 2. The molecule has 5 fully saturated rings. The molecule has 5 atom stereocenters. The molecule has 2 aromatic rings. The fourth-order valence-electron chi connectivity index (χ4n) is 8.00. The summed E-state index contributed by atoms with van der Waals surface area (Å²) in [5.41, 5.74) is -0.0847. The van der Waals surface area contributed by atoms with E-state index in [1.165, 1.54) is 38.5 Å². The number of nitrogens with zero attached hydrogens (tertiary/aromatic N) is 3. The van der Waals surface area contributed by atoms with E-state index in [0.29, 0.717) is 29.2 Å². The van der Waals surface area contributed by atoms with Crippen LogP contribution in [0.15, 0.2) is 29.1 Å². The second-order valence-corrected chi connectivity index (χ2v) is 13.1. The minimum Gasteiger partial charge on any atom is -0.320 e. The first kappa shape index (κ1) is 22.9. The van der Waals surface area contributed by atoms with Gasteiger partial charge < -0.3 is 14.4 Å². The molecule has 2 N–H and O–H groups in total. The molecule has 5 aliphatic rings. The van der Waals surface area contributed by atoms with Gasteiger partial charge in [0.05, 0.1) is 11.0 Å². The van der Waals surface area contributed by atoms with Crippen LogP contribution in [0.4, 0.5) is 0 Å². The standard InChI is InChI=1S/C26H36N3O4P/c1-16-9-17-11-18(12-17)13-21(10-16)28-19-5-4-6-20(28)15-22(14-19)29-24-8-3-2-7-23(24)27-25(26(29)30)34(31,32)33/h2-3,7-8,16-22H,4-6,9-15H2,1H3,(H2,31,32,33)/t16-,17-,18+,19-,20+,21-,22+/m1/s1. The van der Waals surface area contributed by atoms with Gasteiger partial charge in [0.15, 0.2) is 0 Å². The summed E-state index contributed by atoms with van der Waals surface area (Å²) in [6.07, 6.45) is 12.1. The highest BCUT2D eigenvalue weighted by Crippen LogP contribution is 2.48. The summed E-state index contributed by atoms with van der Waals surface area (Å²) in [7, 11) is -4.77. The first-order valence-corrected chi connectivity index (χ1v) is 14.7. The van der Waals surface area contributed by atoms with Gasteiger partial charge in [-0.25, -0.2) is 4.98 Å². The summed E-state index contributed by atoms with van der Waals surface area (Å²) in [4.78, 5) is 40.0. The van der Waals surface area contributed by atoms with Gasteiger partial charge in [-0.3, -0.25) is 14.3 Å². The topological polar surface area (TPSA) is 95.7 Å². The molecule has 3 saturated carbocycles. The van der Waals surface area contributed by atoms with Crippen molar-refractivity contribution in [3.63, 3.8) is 0 Å². The van der Waals surface area contributed by atoms with Crippen molar-refractivity contribution in [3.05, 3.63) is 34.6 Å². The number of hydrogen-bond donors (Lipinski definition) is 2. The monoisotopic (exact) mass is 485 g/mol. The zero-order chi connectivity index (χ0) is 23.6. The van der Waals surface area contributed by atoms with Crippen molar-refractivity contribution in [2.75, 3.05) is 0 Å². The van der Waals surface area contributed by atoms with E-state index < -0.39 is 18.6 Å². The van der Waals surface area contributed by atoms with Crippen LogP contribution in [0.2, 0.25) is 0 Å². The van der Waals surface area contributed by atoms with Crippen molar-refractivity contribution < 1.29 is 14.4 Å². The lowest BCUT2D eigenvalue weighted by Gasteiger charge is -2.55. The van der Waals surface area contributed by atoms with E-state index in [1.807, 2.05) is 12.1 Å². The Hall–Kier alpha value is -1.53. The summed E-state index contributed by atoms with van der Waals surface area (Å²) >= 11 is 0. The Morgan fingerprint density at radius 3 is 2.26 bits per heavy atom. The van der Waals surface area contributed by atoms with E-state index in [0.717, 1.165) is 43.4 Å². The third-order valence-electron chi connectivity index (χ3n) is 9.20. The molecular formula is C26H36N3O4P. The van der Waals surface area contributed by atoms with Crippen LogP contribution in [0.25, 0.3) is 11.0 Å². The van der Waals surface area contributed by atoms with Crippen molar-refractivity contribution in [2.24, 2.45) is 17.8 Å². The highest BCUT2D eigenvalue weighted by molar-refractivity contribution is 7.59. The van der Waals surface area contributed by atoms with Crippen LogP contribution < -0.4 is 11.0 Å². The molecule has 3 aliphatic carbocycles. The molecular weight excluding hydrogens is 449 g/mol. The number of hydrogen-bond acceptors (Lipinski definition) is 4. The van der Waals surface area contributed by atoms with Crippen molar-refractivity contribution in [1.29, 1.82) is 0 Å². The molecule has 184 valence electrons. The lowest BCUT2D eigenvalue weighted by atomic mass is 9.64. The lowest BCUT2D eigenvalue weighted by Crippen LogP contribution is -2.58. The van der Waals surface area contributed by atoms with Gasteiger partial charge in [0.2, 0.25) is 5.44 Å². The van der Waals surface area contributed by atoms with Crippen LogP contribution in [-0.4, -0.2) is 42.4 Å². The Morgan fingerprint density at radius 1 is 0.882 bits per heavy atom. The second kappa shape index (κ2) is 8.55. The number of benzene rings is 1. The van der Waals surface area contributed by atoms with Crippen LogP contribution in [-0.2, 0) is 4.57 Å². The number of para-hydroxylation sites is 2. The van der Waals surface area contributed by atoms with Crippen molar-refractivity contribution >= 4 is 24.1 Å². The first-order valence-electron chi connectivity index (χ1n) is 13.1. The molecule has 2 saturated heterocycles. The van der Waals surface area contributed by atoms with Crippen LogP contribution in [0.1, 0.15) is 77.2 Å². The van der Waals surface area contributed by atoms with Crippen molar-refractivity contribution in [1.82, 2.24) is 14.5 Å². The molecule has 2 aliphatic heterocycles. The molecule has 4 bridgehead atoms. The quantitative estimate of drug-likeness (QED) is 0.639. The minimum absolute atomic E-state index is 0.0590. The number of fused-ring (bicyclic) bond motifs is 8. The molecule has 0 unspecified atom stereocenters. The SMILES string of the molecule is C[C@H]1C[C@@H](N2[C@@H]3CCC[C@H]2C[C@@H](n2c(=O)c(P(=O)(O)O)nc4ccccc42)C3)C[C@H]2C[C@@H](C1)C2. The van der Waals surface area contributed by atoms with Crippen LogP contribution in [0, 0.1) is 17.8 Å². The Balaban J connectivity index is 1.36. The Bertz CT molecular complexity index is 1170. The van der Waals surface area contributed by atoms with Gasteiger partial charge >= 0.3 is 7.60 Å². The van der Waals surface area contributed by atoms with Gasteiger partial charge in [0.25, 0.3) is 5.56 Å². The third kappa shape index (κ3) is 3.99. The van der Waals surface area contributed by atoms with Gasteiger partial charge in [0, 0.05) is 24.2 Å². The summed E-state index contributed by atoms with van der Waals surface area (Å²) in [5, 5.41) is 0. The Labute approximate surface area is 200 Å². The fraction of sp³-hybridized carbons (Fsp3) is 0.692. The normalized spacial score (nSPS) is 36.5. The van der Waals surface area contributed by atoms with Crippen LogP contribution in [0.3, 0.4) is 0 Å². The third-order valence-corrected chi connectivity index (χ3v) is 10.0. The summed E-state index contributed by atoms with van der Waals surface area (Å²) in [6, 6.07) is 8.71. The van der Waals surface area contributed by atoms with Gasteiger partial charge in [-0.15, -0.1) is 0 Å². The second-order valence-electron chi connectivity index (χ2n) is 11.6. The highest BCUT2D eigenvalue weighted by Gasteiger charge is 2.46. The molecule has 0 amide bonds. The van der Waals surface area contributed by atoms with E-state index in [1.54, 1.807) is 16.7 Å². The smallest absolute Gasteiger partial charge is 0.320 e. The van der Waals surface area contributed by atoms with Gasteiger partial charge in [-0.2, -0.15) is 0 Å². The molecule has 0 radical (unpaired) electrons. The van der Waals surface area contributed by atoms with E-state index in [4.69, 9.17) is 0 Å².